The lowest BCUT2D eigenvalue weighted by Crippen LogP contribution is -2.61. The first-order valence-electron chi connectivity index (χ1n) is 45.9. The molecule has 5 spiro atoms. The lowest BCUT2D eigenvalue weighted by molar-refractivity contribution is -0.358. The smallest absolute Gasteiger partial charge is 0.338 e. The fourth-order valence-electron chi connectivity index (χ4n) is 29.2. The van der Waals surface area contributed by atoms with Crippen LogP contribution >= 0.6 is 0 Å². The van der Waals surface area contributed by atoms with Crippen molar-refractivity contribution in [3.8, 4) is 0 Å². The van der Waals surface area contributed by atoms with Crippen LogP contribution < -0.4 is 0 Å². The van der Waals surface area contributed by atoms with Gasteiger partial charge in [-0.3, -0.25) is 9.59 Å². The Morgan fingerprint density at radius 3 is 1.13 bits per heavy atom. The number of cyclic esters (lactones) is 1. The summed E-state index contributed by atoms with van der Waals surface area (Å²) in [5, 5.41) is 0. The maximum Gasteiger partial charge on any atom is 0.338 e. The van der Waals surface area contributed by atoms with E-state index in [4.69, 9.17) is 56.8 Å². The molecule has 0 N–H and O–H groups in total. The molecule has 9 aliphatic heterocycles. The van der Waals surface area contributed by atoms with Crippen molar-refractivity contribution in [2.75, 3.05) is 33.0 Å². The molecule has 15 nitrogen and oxygen atoms in total. The van der Waals surface area contributed by atoms with Crippen LogP contribution in [0.1, 0.15) is 321 Å². The first kappa shape index (κ1) is 79.7. The second-order valence-electron chi connectivity index (χ2n) is 37.1. The van der Waals surface area contributed by atoms with E-state index in [-0.39, 0.29) is 72.2 Å². The van der Waals surface area contributed by atoms with Crippen molar-refractivity contribution < 1.29 is 71.2 Å². The van der Waals surface area contributed by atoms with E-state index in [1.165, 1.54) is 148 Å². The van der Waals surface area contributed by atoms with Gasteiger partial charge in [0.1, 0.15) is 24.9 Å². The molecule has 105 heavy (non-hydrogen) atoms. The maximum atomic E-state index is 11.6. The summed E-state index contributed by atoms with van der Waals surface area (Å²) in [6.45, 7) is 27.9. The average molecular weight is 1470 g/mol. The minimum absolute atomic E-state index is 0.102. The molecule has 0 aromatic rings. The quantitative estimate of drug-likeness (QED) is 0.166. The summed E-state index contributed by atoms with van der Waals surface area (Å²) in [5.41, 5.74) is 0.874. The van der Waals surface area contributed by atoms with Crippen LogP contribution in [0.3, 0.4) is 0 Å². The van der Waals surface area contributed by atoms with Crippen molar-refractivity contribution >= 4 is 17.9 Å². The molecule has 10 atom stereocenters. The molecule has 21 aliphatic carbocycles. The second kappa shape index (κ2) is 34.0. The van der Waals surface area contributed by atoms with Gasteiger partial charge < -0.3 is 56.8 Å². The highest BCUT2D eigenvalue weighted by molar-refractivity contribution is 5.78. The summed E-state index contributed by atoms with van der Waals surface area (Å²) in [5.74, 6) is 15.4. The number of carbonyl (C=O) groups excluding carboxylic acids is 3. The van der Waals surface area contributed by atoms with E-state index in [1.807, 2.05) is 83.1 Å². The van der Waals surface area contributed by atoms with Crippen LogP contribution in [-0.2, 0) is 71.2 Å². The fourth-order valence-corrected chi connectivity index (χ4v) is 29.2. The minimum Gasteiger partial charge on any atom is -0.462 e. The minimum atomic E-state index is -0.442. The van der Waals surface area contributed by atoms with Gasteiger partial charge in [-0.15, -0.1) is 0 Å². The Morgan fingerprint density at radius 1 is 0.324 bits per heavy atom. The molecular weight excluding hydrogens is 1320 g/mol. The van der Waals surface area contributed by atoms with E-state index < -0.39 is 17.7 Å². The summed E-state index contributed by atoms with van der Waals surface area (Å²) >= 11 is 0. The van der Waals surface area contributed by atoms with E-state index in [1.54, 1.807) is 51.4 Å². The summed E-state index contributed by atoms with van der Waals surface area (Å²) in [7, 11) is 0. The summed E-state index contributed by atoms with van der Waals surface area (Å²) in [4.78, 5) is 34.5. The normalized spacial score (nSPS) is 48.7. The van der Waals surface area contributed by atoms with Crippen LogP contribution in [0.5, 0.6) is 0 Å². The molecule has 21 saturated carbocycles. The van der Waals surface area contributed by atoms with Gasteiger partial charge in [0.15, 0.2) is 47.8 Å². The number of fused-ring (bicyclic) bond motifs is 8. The Bertz CT molecular complexity index is 2690. The van der Waals surface area contributed by atoms with E-state index in [9.17, 15) is 14.4 Å². The number of rotatable bonds is 0. The molecule has 30 fully saturated rings. The van der Waals surface area contributed by atoms with Crippen LogP contribution in [0.25, 0.3) is 0 Å². The number of carbonyl (C=O) groups is 3. The largest absolute Gasteiger partial charge is 0.462 e. The van der Waals surface area contributed by atoms with Gasteiger partial charge in [-0.05, 0) is 275 Å². The van der Waals surface area contributed by atoms with Gasteiger partial charge in [-0.2, -0.15) is 0 Å². The van der Waals surface area contributed by atoms with Crippen LogP contribution in [-0.4, -0.2) is 117 Å². The summed E-state index contributed by atoms with van der Waals surface area (Å²) in [6.07, 6.45) is 48.6. The van der Waals surface area contributed by atoms with Crippen molar-refractivity contribution in [3.05, 3.63) is 0 Å². The lowest BCUT2D eigenvalue weighted by Gasteiger charge is -2.60. The number of esters is 3. The standard InChI is InChI=1S/C16H20O5.C14H18O4.C13H20O2.C13H22.C12H18O2.C10H14O2.6C2H6/c17-12-6-11-13(19-12)14-15(18-11)21-16(20-14)9-2-7-1-8(4-9)5-10(16)3-7;15-13-12-11(6-16-13)17-14(18-12)9-2-7-1-8(4-9)5-10(14)3-7;1-2-14-13(15-3-1)11-5-9-4-10(7-11)8-12(13)6-9;1-2-4-8-13(7-3-1)10-11-5-6-12(13)9-11;1-2-14-12(13-1)10-4-8-3-9(6-10)7-11(12)5-8;11-10-8-2-6-1-7(3-8)5-9(4-6)12-10;6*1-2/h7-11,13-15H,1-6H2;7-12H,1-6H2;9-12H,1-8H2;11-12H,1-10H2;8-11H,1-7H2;6-9H,1-5H2;6*1-2H3. The maximum absolute atomic E-state index is 11.6. The predicted octanol–water partition coefficient (Wildman–Crippen LogP) is 19.9. The van der Waals surface area contributed by atoms with E-state index >= 15 is 0 Å². The third kappa shape index (κ3) is 15.0. The molecule has 30 aliphatic rings. The zero-order valence-electron chi connectivity index (χ0n) is 68.0. The molecule has 0 amide bonds. The number of ether oxygens (including phenoxy) is 12. The second-order valence-corrected chi connectivity index (χ2v) is 37.1. The van der Waals surface area contributed by atoms with Gasteiger partial charge in [0, 0.05) is 47.3 Å². The van der Waals surface area contributed by atoms with Crippen molar-refractivity contribution in [2.45, 2.75) is 387 Å². The van der Waals surface area contributed by atoms with E-state index in [0.717, 1.165) is 159 Å². The zero-order chi connectivity index (χ0) is 73.6. The highest BCUT2D eigenvalue weighted by Crippen LogP contribution is 2.67. The number of hydrogen-bond acceptors (Lipinski definition) is 15. The van der Waals surface area contributed by atoms with Crippen LogP contribution in [0.15, 0.2) is 0 Å². The molecular formula is C90H148O15. The Balaban J connectivity index is 0.000000104. The van der Waals surface area contributed by atoms with Gasteiger partial charge in [-0.25, -0.2) is 4.79 Å². The van der Waals surface area contributed by atoms with E-state index in [2.05, 4.69) is 0 Å². The Hall–Kier alpha value is -1.95. The predicted molar refractivity (Wildman–Crippen MR) is 404 cm³/mol. The topological polar surface area (TPSA) is 162 Å². The van der Waals surface area contributed by atoms with Crippen molar-refractivity contribution in [3.63, 3.8) is 0 Å². The Morgan fingerprint density at radius 2 is 0.724 bits per heavy atom. The van der Waals surface area contributed by atoms with Crippen LogP contribution in [0.2, 0.25) is 0 Å². The number of hydrogen-bond donors (Lipinski definition) is 0. The van der Waals surface area contributed by atoms with Gasteiger partial charge in [0.05, 0.1) is 38.8 Å². The van der Waals surface area contributed by atoms with E-state index in [0.29, 0.717) is 36.7 Å². The van der Waals surface area contributed by atoms with Gasteiger partial charge in [0.2, 0.25) is 0 Å². The lowest BCUT2D eigenvalue weighted by atomic mass is 9.53. The third-order valence-electron chi connectivity index (χ3n) is 31.8. The molecule has 9 saturated heterocycles. The molecule has 0 aromatic heterocycles. The molecule has 15 heteroatoms. The third-order valence-corrected chi connectivity index (χ3v) is 31.8. The summed E-state index contributed by atoms with van der Waals surface area (Å²) in [6, 6.07) is 0. The molecule has 10 unspecified atom stereocenters. The molecule has 30 rings (SSSR count). The highest BCUT2D eigenvalue weighted by atomic mass is 16.9. The average Bonchev–Trinajstić information content (AvgIpc) is 1.67. The Kier molecular flexibility index (Phi) is 25.8. The first-order valence-corrected chi connectivity index (χ1v) is 45.9. The summed E-state index contributed by atoms with van der Waals surface area (Å²) < 4.78 is 71.3. The fraction of sp³-hybridized carbons (Fsp3) is 0.967. The van der Waals surface area contributed by atoms with Crippen LogP contribution in [0.4, 0.5) is 0 Å². The molecule has 598 valence electrons. The van der Waals surface area contributed by atoms with Gasteiger partial charge in [-0.1, -0.05) is 115 Å². The first-order chi connectivity index (χ1) is 51.4. The Labute approximate surface area is 635 Å². The van der Waals surface area contributed by atoms with Crippen molar-refractivity contribution in [1.29, 1.82) is 0 Å². The van der Waals surface area contributed by atoms with Gasteiger partial charge >= 0.3 is 17.9 Å². The van der Waals surface area contributed by atoms with Gasteiger partial charge in [0.25, 0.3) is 0 Å². The molecule has 0 radical (unpaired) electrons. The monoisotopic (exact) mass is 1470 g/mol. The molecule has 0 aromatic carbocycles. The molecule has 22 bridgehead atoms. The highest BCUT2D eigenvalue weighted by Gasteiger charge is 2.71. The SMILES string of the molecule is C1CCCC2(CC1)CC1CCC2C1.C1COC2(O1)C1CC3CC(C1)CC2C3.C1COC2(OC1)C1CC3CC(C1)CC2C3.CC.CC.CC.CC.CC.CC.O=C1CC2OC3OC4(OC3C2O1)C1CC2CC(C1)CC4C2.O=C1OC2CC3CC(C2)CC1C3.O=C1OCC2OC3(OC12)C1CC2CC(C1)CC3C2. The van der Waals surface area contributed by atoms with Crippen molar-refractivity contribution in [1.82, 2.24) is 0 Å². The van der Waals surface area contributed by atoms with Crippen molar-refractivity contribution in [2.24, 2.45) is 130 Å². The zero-order valence-corrected chi connectivity index (χ0v) is 68.0. The molecule has 9 heterocycles. The van der Waals surface area contributed by atoms with Crippen LogP contribution in [0, 0.1) is 130 Å².